The number of rotatable bonds is 3. The van der Waals surface area contributed by atoms with Crippen molar-refractivity contribution in [1.29, 1.82) is 0 Å². The van der Waals surface area contributed by atoms with Gasteiger partial charge in [0, 0.05) is 18.8 Å². The summed E-state index contributed by atoms with van der Waals surface area (Å²) in [6, 6.07) is 7.74. The predicted octanol–water partition coefficient (Wildman–Crippen LogP) is 2.76. The molecule has 2 rings (SSSR count). The van der Waals surface area contributed by atoms with E-state index in [4.69, 9.17) is 5.11 Å². The molecule has 1 aliphatic carbocycles. The molecule has 86 valence electrons. The first-order valence-corrected chi connectivity index (χ1v) is 5.74. The highest BCUT2D eigenvalue weighted by Crippen LogP contribution is 2.27. The van der Waals surface area contributed by atoms with Crippen LogP contribution in [0.15, 0.2) is 24.3 Å². The fraction of sp³-hybridized carbons (Fsp3) is 0.462. The monoisotopic (exact) mass is 219 g/mol. The molecule has 0 saturated heterocycles. The van der Waals surface area contributed by atoms with Crippen LogP contribution >= 0.6 is 0 Å². The number of nitrogens with zero attached hydrogens (tertiary/aromatic N) is 1. The van der Waals surface area contributed by atoms with Crippen LogP contribution in [-0.2, 0) is 0 Å². The Morgan fingerprint density at radius 2 is 2.06 bits per heavy atom. The number of carboxylic acid groups (broad SMARTS) is 1. The Balaban J connectivity index is 2.18. The van der Waals surface area contributed by atoms with Crippen molar-refractivity contribution in [2.75, 3.05) is 11.9 Å². The molecule has 0 amide bonds. The molecule has 0 heterocycles. The summed E-state index contributed by atoms with van der Waals surface area (Å²) >= 11 is 0. The first kappa shape index (κ1) is 11.0. The van der Waals surface area contributed by atoms with Crippen LogP contribution in [0.2, 0.25) is 0 Å². The molecule has 3 nitrogen and oxygen atoms in total. The van der Waals surface area contributed by atoms with Gasteiger partial charge in [-0.3, -0.25) is 0 Å². The lowest BCUT2D eigenvalue weighted by atomic mass is 10.1. The van der Waals surface area contributed by atoms with Crippen LogP contribution in [0.3, 0.4) is 0 Å². The zero-order valence-electron chi connectivity index (χ0n) is 9.52. The molecule has 1 aromatic carbocycles. The molecule has 3 heteroatoms. The Kier molecular flexibility index (Phi) is 3.13. The topological polar surface area (TPSA) is 40.5 Å². The van der Waals surface area contributed by atoms with Crippen molar-refractivity contribution in [3.8, 4) is 0 Å². The molecule has 1 aromatic rings. The Labute approximate surface area is 95.7 Å². The minimum absolute atomic E-state index is 0.363. The summed E-state index contributed by atoms with van der Waals surface area (Å²) in [7, 11) is 2.05. The minimum atomic E-state index is -0.860. The van der Waals surface area contributed by atoms with Gasteiger partial charge < -0.3 is 10.0 Å². The molecule has 1 N–H and O–H groups in total. The highest BCUT2D eigenvalue weighted by atomic mass is 16.4. The van der Waals surface area contributed by atoms with E-state index in [2.05, 4.69) is 11.9 Å². The molecule has 0 radical (unpaired) electrons. The van der Waals surface area contributed by atoms with E-state index < -0.39 is 5.97 Å². The van der Waals surface area contributed by atoms with E-state index in [0.29, 0.717) is 11.6 Å². The Bertz CT molecular complexity index is 383. The largest absolute Gasteiger partial charge is 0.478 e. The third-order valence-corrected chi connectivity index (χ3v) is 3.37. The lowest BCUT2D eigenvalue weighted by molar-refractivity contribution is 0.0697. The number of hydrogen-bond donors (Lipinski definition) is 1. The zero-order valence-corrected chi connectivity index (χ0v) is 9.52. The van der Waals surface area contributed by atoms with Gasteiger partial charge in [0.1, 0.15) is 0 Å². The summed E-state index contributed by atoms with van der Waals surface area (Å²) in [6.07, 6.45) is 5.00. The summed E-state index contributed by atoms with van der Waals surface area (Å²) < 4.78 is 0. The van der Waals surface area contributed by atoms with Crippen molar-refractivity contribution in [1.82, 2.24) is 0 Å². The molecule has 0 aromatic heterocycles. The molecule has 0 atom stereocenters. The molecular weight excluding hydrogens is 202 g/mol. The maximum atomic E-state index is 10.9. The minimum Gasteiger partial charge on any atom is -0.478 e. The van der Waals surface area contributed by atoms with E-state index in [0.717, 1.165) is 5.69 Å². The molecule has 1 aliphatic rings. The maximum Gasteiger partial charge on any atom is 0.335 e. The maximum absolute atomic E-state index is 10.9. The SMILES string of the molecule is CN(c1cccc(C(=O)O)c1)C1CCCC1. The second kappa shape index (κ2) is 4.56. The Morgan fingerprint density at radius 1 is 1.38 bits per heavy atom. The number of anilines is 1. The van der Waals surface area contributed by atoms with Gasteiger partial charge in [-0.15, -0.1) is 0 Å². The Hall–Kier alpha value is -1.51. The van der Waals surface area contributed by atoms with Crippen LogP contribution < -0.4 is 4.90 Å². The second-order valence-electron chi connectivity index (χ2n) is 4.40. The van der Waals surface area contributed by atoms with Crippen LogP contribution in [0, 0.1) is 0 Å². The highest BCUT2D eigenvalue weighted by Gasteiger charge is 2.20. The third-order valence-electron chi connectivity index (χ3n) is 3.37. The van der Waals surface area contributed by atoms with Crippen molar-refractivity contribution in [2.24, 2.45) is 0 Å². The molecule has 0 spiro atoms. The average molecular weight is 219 g/mol. The van der Waals surface area contributed by atoms with Crippen LogP contribution in [-0.4, -0.2) is 24.2 Å². The first-order chi connectivity index (χ1) is 7.68. The van der Waals surface area contributed by atoms with Gasteiger partial charge in [-0.1, -0.05) is 18.9 Å². The summed E-state index contributed by atoms with van der Waals surface area (Å²) in [5, 5.41) is 8.94. The lowest BCUT2D eigenvalue weighted by Gasteiger charge is -2.26. The predicted molar refractivity (Wildman–Crippen MR) is 64.1 cm³/mol. The van der Waals surface area contributed by atoms with Crippen LogP contribution in [0.1, 0.15) is 36.0 Å². The first-order valence-electron chi connectivity index (χ1n) is 5.74. The van der Waals surface area contributed by atoms with Crippen molar-refractivity contribution < 1.29 is 9.90 Å². The van der Waals surface area contributed by atoms with Crippen molar-refractivity contribution in [3.63, 3.8) is 0 Å². The van der Waals surface area contributed by atoms with Crippen LogP contribution in [0.4, 0.5) is 5.69 Å². The van der Waals surface area contributed by atoms with E-state index in [-0.39, 0.29) is 0 Å². The fourth-order valence-electron chi connectivity index (χ4n) is 2.36. The molecule has 0 unspecified atom stereocenters. The molecule has 1 fully saturated rings. The Morgan fingerprint density at radius 3 is 2.69 bits per heavy atom. The van der Waals surface area contributed by atoms with Gasteiger partial charge in [-0.2, -0.15) is 0 Å². The molecule has 0 aliphatic heterocycles. The van der Waals surface area contributed by atoms with Gasteiger partial charge in [0.15, 0.2) is 0 Å². The number of benzene rings is 1. The van der Waals surface area contributed by atoms with Crippen molar-refractivity contribution in [3.05, 3.63) is 29.8 Å². The van der Waals surface area contributed by atoms with Gasteiger partial charge in [-0.25, -0.2) is 4.79 Å². The van der Waals surface area contributed by atoms with Crippen molar-refractivity contribution >= 4 is 11.7 Å². The second-order valence-corrected chi connectivity index (χ2v) is 4.40. The molecular formula is C13H17NO2. The van der Waals surface area contributed by atoms with E-state index >= 15 is 0 Å². The summed E-state index contributed by atoms with van der Waals surface area (Å²) in [5.41, 5.74) is 1.37. The molecule has 1 saturated carbocycles. The number of hydrogen-bond acceptors (Lipinski definition) is 2. The number of carbonyl (C=O) groups is 1. The average Bonchev–Trinajstić information content (AvgIpc) is 2.81. The standard InChI is InChI=1S/C13H17NO2/c1-14(11-6-2-3-7-11)12-8-4-5-10(9-12)13(15)16/h4-5,8-9,11H,2-3,6-7H2,1H3,(H,15,16). The van der Waals surface area contributed by atoms with Crippen LogP contribution in [0.5, 0.6) is 0 Å². The summed E-state index contributed by atoms with van der Waals surface area (Å²) in [4.78, 5) is 13.1. The van der Waals surface area contributed by atoms with Gasteiger partial charge >= 0.3 is 5.97 Å². The van der Waals surface area contributed by atoms with E-state index in [9.17, 15) is 4.79 Å². The summed E-state index contributed by atoms with van der Waals surface area (Å²) in [5.74, 6) is -0.860. The van der Waals surface area contributed by atoms with E-state index in [1.807, 2.05) is 12.1 Å². The molecule has 0 bridgehead atoms. The van der Waals surface area contributed by atoms with Gasteiger partial charge in [0.05, 0.1) is 5.56 Å². The smallest absolute Gasteiger partial charge is 0.335 e. The summed E-state index contributed by atoms with van der Waals surface area (Å²) in [6.45, 7) is 0. The van der Waals surface area contributed by atoms with Gasteiger partial charge in [-0.05, 0) is 31.0 Å². The quantitative estimate of drug-likeness (QED) is 0.849. The lowest BCUT2D eigenvalue weighted by Crippen LogP contribution is -2.28. The number of carboxylic acids is 1. The van der Waals surface area contributed by atoms with E-state index in [1.165, 1.54) is 25.7 Å². The highest BCUT2D eigenvalue weighted by molar-refractivity contribution is 5.88. The third kappa shape index (κ3) is 2.18. The van der Waals surface area contributed by atoms with Crippen molar-refractivity contribution in [2.45, 2.75) is 31.7 Å². The van der Waals surface area contributed by atoms with Gasteiger partial charge in [0.2, 0.25) is 0 Å². The van der Waals surface area contributed by atoms with Gasteiger partial charge in [0.25, 0.3) is 0 Å². The fourth-order valence-corrected chi connectivity index (χ4v) is 2.36. The number of aromatic carboxylic acids is 1. The van der Waals surface area contributed by atoms with E-state index in [1.54, 1.807) is 12.1 Å². The van der Waals surface area contributed by atoms with Crippen LogP contribution in [0.25, 0.3) is 0 Å². The normalized spacial score (nSPS) is 16.3. The molecule has 16 heavy (non-hydrogen) atoms. The zero-order chi connectivity index (χ0) is 11.5.